The number of likely N-dealkylation sites (tertiary alicyclic amines) is 1. The van der Waals surface area contributed by atoms with Gasteiger partial charge in [-0.1, -0.05) is 30.9 Å². The molecule has 0 unspecified atom stereocenters. The van der Waals surface area contributed by atoms with Crippen molar-refractivity contribution in [3.05, 3.63) is 35.6 Å². The minimum Gasteiger partial charge on any atom is -0.490 e. The van der Waals surface area contributed by atoms with E-state index in [4.69, 9.17) is 16.3 Å². The zero-order valence-electron chi connectivity index (χ0n) is 14.5. The summed E-state index contributed by atoms with van der Waals surface area (Å²) in [7, 11) is 0. The molecule has 1 saturated heterocycles. The van der Waals surface area contributed by atoms with Crippen LogP contribution in [0.4, 0.5) is 0 Å². The lowest BCUT2D eigenvalue weighted by Crippen LogP contribution is -2.44. The summed E-state index contributed by atoms with van der Waals surface area (Å²) < 4.78 is 6.25. The van der Waals surface area contributed by atoms with Crippen molar-refractivity contribution in [3.63, 3.8) is 0 Å². The van der Waals surface area contributed by atoms with E-state index in [0.29, 0.717) is 6.10 Å². The van der Waals surface area contributed by atoms with Gasteiger partial charge >= 0.3 is 0 Å². The molecule has 1 saturated carbocycles. The second kappa shape index (κ2) is 8.57. The molecule has 1 aromatic carbocycles. The van der Waals surface area contributed by atoms with E-state index in [1.54, 1.807) is 6.20 Å². The first-order valence-electron chi connectivity index (χ1n) is 9.23. The third-order valence-corrected chi connectivity index (χ3v) is 5.86. The van der Waals surface area contributed by atoms with Gasteiger partial charge in [-0.05, 0) is 49.3 Å². The van der Waals surface area contributed by atoms with Gasteiger partial charge in [0.1, 0.15) is 11.9 Å². The van der Waals surface area contributed by atoms with Gasteiger partial charge < -0.3 is 9.64 Å². The maximum Gasteiger partial charge on any atom is 0.121 e. The van der Waals surface area contributed by atoms with Crippen molar-refractivity contribution in [1.82, 2.24) is 9.88 Å². The summed E-state index contributed by atoms with van der Waals surface area (Å²) in [6.45, 7) is 2.33. The largest absolute Gasteiger partial charge is 0.490 e. The molecule has 1 aliphatic carbocycles. The normalized spacial score (nSPS) is 20.4. The van der Waals surface area contributed by atoms with Crippen LogP contribution in [0.25, 0.3) is 10.8 Å². The third-order valence-electron chi connectivity index (χ3n) is 5.55. The number of fused-ring (bicyclic) bond motifs is 1. The van der Waals surface area contributed by atoms with Gasteiger partial charge in [0.05, 0.1) is 5.02 Å². The van der Waals surface area contributed by atoms with Gasteiger partial charge in [0.15, 0.2) is 0 Å². The van der Waals surface area contributed by atoms with E-state index in [0.717, 1.165) is 40.4 Å². The quantitative estimate of drug-likeness (QED) is 0.703. The molecule has 2 heterocycles. The maximum atomic E-state index is 6.38. The molecule has 0 N–H and O–H groups in total. The van der Waals surface area contributed by atoms with E-state index in [9.17, 15) is 0 Å². The van der Waals surface area contributed by atoms with Gasteiger partial charge in [-0.15, -0.1) is 12.4 Å². The molecule has 2 aromatic rings. The highest BCUT2D eigenvalue weighted by Gasteiger charge is 2.27. The molecule has 2 aliphatic rings. The number of rotatable bonds is 3. The van der Waals surface area contributed by atoms with Gasteiger partial charge in [-0.3, -0.25) is 4.98 Å². The fraction of sp³-hybridized carbons (Fsp3) is 0.550. The molecular formula is C20H26Cl2N2O. The minimum absolute atomic E-state index is 0. The monoisotopic (exact) mass is 380 g/mol. The fourth-order valence-corrected chi connectivity index (χ4v) is 4.46. The van der Waals surface area contributed by atoms with Crippen molar-refractivity contribution in [3.8, 4) is 5.75 Å². The number of hydrogen-bond acceptors (Lipinski definition) is 3. The predicted octanol–water partition coefficient (Wildman–Crippen LogP) is 5.49. The Kier molecular flexibility index (Phi) is 6.43. The van der Waals surface area contributed by atoms with Crippen LogP contribution >= 0.6 is 24.0 Å². The van der Waals surface area contributed by atoms with Crippen LogP contribution in [0.2, 0.25) is 5.02 Å². The highest BCUT2D eigenvalue weighted by Crippen LogP contribution is 2.31. The van der Waals surface area contributed by atoms with Gasteiger partial charge in [0.2, 0.25) is 0 Å². The molecule has 25 heavy (non-hydrogen) atoms. The van der Waals surface area contributed by atoms with Crippen LogP contribution in [0.15, 0.2) is 30.6 Å². The zero-order chi connectivity index (χ0) is 16.4. The van der Waals surface area contributed by atoms with Gasteiger partial charge in [-0.25, -0.2) is 0 Å². The Morgan fingerprint density at radius 3 is 2.56 bits per heavy atom. The number of nitrogens with zero attached hydrogens (tertiary/aromatic N) is 2. The molecule has 1 aromatic heterocycles. The zero-order valence-corrected chi connectivity index (χ0v) is 16.1. The highest BCUT2D eigenvalue weighted by molar-refractivity contribution is 6.35. The van der Waals surface area contributed by atoms with Crippen LogP contribution in [0.1, 0.15) is 44.9 Å². The Balaban J connectivity index is 0.00000182. The van der Waals surface area contributed by atoms with Crippen LogP contribution < -0.4 is 4.74 Å². The first-order valence-corrected chi connectivity index (χ1v) is 9.61. The molecule has 1 aliphatic heterocycles. The Bertz CT molecular complexity index is 695. The second-order valence-electron chi connectivity index (χ2n) is 7.15. The Hall–Kier alpha value is -1.03. The van der Waals surface area contributed by atoms with Crippen LogP contribution in [-0.4, -0.2) is 35.1 Å². The molecule has 3 nitrogen and oxygen atoms in total. The van der Waals surface area contributed by atoms with E-state index in [1.807, 2.05) is 18.3 Å². The number of benzene rings is 1. The smallest absolute Gasteiger partial charge is 0.121 e. The molecule has 0 bridgehead atoms. The lowest BCUT2D eigenvalue weighted by Gasteiger charge is -2.39. The maximum absolute atomic E-state index is 6.38. The van der Waals surface area contributed by atoms with Crippen LogP contribution in [0.5, 0.6) is 5.75 Å². The number of hydrogen-bond donors (Lipinski definition) is 0. The molecule has 136 valence electrons. The SMILES string of the molecule is Cl.Clc1cc(OC2CCN(C3CCCCC3)CC2)cc2ccncc12. The number of pyridine rings is 1. The summed E-state index contributed by atoms with van der Waals surface area (Å²) >= 11 is 6.38. The molecule has 0 amide bonds. The van der Waals surface area contributed by atoms with Gasteiger partial charge in [0.25, 0.3) is 0 Å². The average molecular weight is 381 g/mol. The first-order chi connectivity index (χ1) is 11.8. The number of halogens is 2. The third kappa shape index (κ3) is 4.39. The van der Waals surface area contributed by atoms with Crippen LogP contribution in [0, 0.1) is 0 Å². The Morgan fingerprint density at radius 1 is 1.04 bits per heavy atom. The van der Waals surface area contributed by atoms with Gasteiger partial charge in [0, 0.05) is 36.9 Å². The molecule has 0 atom stereocenters. The van der Waals surface area contributed by atoms with Gasteiger partial charge in [-0.2, -0.15) is 0 Å². The molecule has 4 rings (SSSR count). The predicted molar refractivity (Wildman–Crippen MR) is 106 cm³/mol. The van der Waals surface area contributed by atoms with E-state index in [1.165, 1.54) is 45.2 Å². The van der Waals surface area contributed by atoms with E-state index >= 15 is 0 Å². The lowest BCUT2D eigenvalue weighted by molar-refractivity contribution is 0.0631. The first kappa shape index (κ1) is 18.8. The van der Waals surface area contributed by atoms with E-state index < -0.39 is 0 Å². The molecule has 0 spiro atoms. The molecule has 0 radical (unpaired) electrons. The molecular weight excluding hydrogens is 355 g/mol. The summed E-state index contributed by atoms with van der Waals surface area (Å²) in [6.07, 6.45) is 13.2. The summed E-state index contributed by atoms with van der Waals surface area (Å²) in [5, 5.41) is 2.79. The van der Waals surface area contributed by atoms with Crippen molar-refractivity contribution in [2.45, 2.75) is 57.1 Å². The van der Waals surface area contributed by atoms with Crippen molar-refractivity contribution in [2.24, 2.45) is 0 Å². The number of ether oxygens (including phenoxy) is 1. The molecule has 5 heteroatoms. The Labute approximate surface area is 161 Å². The van der Waals surface area contributed by atoms with Crippen molar-refractivity contribution >= 4 is 34.8 Å². The Morgan fingerprint density at radius 2 is 1.80 bits per heavy atom. The average Bonchev–Trinajstić information content (AvgIpc) is 2.63. The summed E-state index contributed by atoms with van der Waals surface area (Å²) in [5.41, 5.74) is 0. The summed E-state index contributed by atoms with van der Waals surface area (Å²) in [5.74, 6) is 0.884. The van der Waals surface area contributed by atoms with Crippen molar-refractivity contribution in [1.29, 1.82) is 0 Å². The number of aromatic nitrogens is 1. The summed E-state index contributed by atoms with van der Waals surface area (Å²) in [4.78, 5) is 6.83. The summed E-state index contributed by atoms with van der Waals surface area (Å²) in [6, 6.07) is 6.82. The topological polar surface area (TPSA) is 25.4 Å². The van der Waals surface area contributed by atoms with E-state index in [-0.39, 0.29) is 12.4 Å². The fourth-order valence-electron chi connectivity index (χ4n) is 4.19. The lowest BCUT2D eigenvalue weighted by atomic mass is 9.92. The van der Waals surface area contributed by atoms with Crippen LogP contribution in [-0.2, 0) is 0 Å². The van der Waals surface area contributed by atoms with Crippen molar-refractivity contribution in [2.75, 3.05) is 13.1 Å². The number of piperidine rings is 1. The second-order valence-corrected chi connectivity index (χ2v) is 7.55. The van der Waals surface area contributed by atoms with Crippen LogP contribution in [0.3, 0.4) is 0 Å². The highest BCUT2D eigenvalue weighted by atomic mass is 35.5. The minimum atomic E-state index is 0. The van der Waals surface area contributed by atoms with Crippen molar-refractivity contribution < 1.29 is 4.74 Å². The molecule has 2 fully saturated rings. The standard InChI is InChI=1S/C20H25ClN2O.ClH/c21-20-13-18(12-15-6-9-22-14-19(15)20)24-17-7-10-23(11-8-17)16-4-2-1-3-5-16;/h6,9,12-14,16-17H,1-5,7-8,10-11H2;1H. The van der Waals surface area contributed by atoms with E-state index in [2.05, 4.69) is 16.0 Å².